The Balaban J connectivity index is 3.21. The molecular formula is C11H15N3O3. The van der Waals surface area contributed by atoms with Gasteiger partial charge in [-0.05, 0) is 18.5 Å². The van der Waals surface area contributed by atoms with Gasteiger partial charge in [-0.15, -0.1) is 0 Å². The van der Waals surface area contributed by atoms with Crippen molar-refractivity contribution in [3.05, 3.63) is 34.2 Å². The molecule has 6 heteroatoms. The molecule has 0 amide bonds. The van der Waals surface area contributed by atoms with Gasteiger partial charge >= 0.3 is 0 Å². The van der Waals surface area contributed by atoms with E-state index in [1.54, 1.807) is 18.2 Å². The summed E-state index contributed by atoms with van der Waals surface area (Å²) in [6, 6.07) is 4.58. The first kappa shape index (κ1) is 13.2. The molecule has 0 heterocycles. The summed E-state index contributed by atoms with van der Waals surface area (Å²) in [7, 11) is 1.51. The van der Waals surface area contributed by atoms with Gasteiger partial charge in [0.1, 0.15) is 0 Å². The van der Waals surface area contributed by atoms with Crippen LogP contribution >= 0.6 is 0 Å². The maximum Gasteiger partial charge on any atom is 0.164 e. The van der Waals surface area contributed by atoms with E-state index in [2.05, 4.69) is 10.0 Å². The summed E-state index contributed by atoms with van der Waals surface area (Å²) in [5, 5.41) is 12.7. The van der Waals surface area contributed by atoms with Crippen LogP contribution in [0.15, 0.2) is 23.3 Å². The quantitative estimate of drug-likeness (QED) is 0.468. The molecule has 1 aromatic rings. The predicted octanol–water partition coefficient (Wildman–Crippen LogP) is 2.44. The van der Waals surface area contributed by atoms with Crippen LogP contribution in [-0.4, -0.2) is 25.4 Å². The SMILES string of the molecule is CCOc1cccc(C(CO)N=[N+]=[N-])c1OC. The molecule has 17 heavy (non-hydrogen) atoms. The van der Waals surface area contributed by atoms with Crippen LogP contribution in [0.1, 0.15) is 18.5 Å². The second-order valence-corrected chi connectivity index (χ2v) is 3.21. The lowest BCUT2D eigenvalue weighted by Crippen LogP contribution is -2.05. The van der Waals surface area contributed by atoms with Crippen LogP contribution in [0.5, 0.6) is 11.5 Å². The monoisotopic (exact) mass is 237 g/mol. The zero-order valence-corrected chi connectivity index (χ0v) is 9.83. The van der Waals surface area contributed by atoms with Crippen LogP contribution in [0.25, 0.3) is 10.4 Å². The van der Waals surface area contributed by atoms with E-state index in [-0.39, 0.29) is 6.61 Å². The number of ether oxygens (including phenoxy) is 2. The topological polar surface area (TPSA) is 87.5 Å². The van der Waals surface area contributed by atoms with Gasteiger partial charge in [0.2, 0.25) is 0 Å². The van der Waals surface area contributed by atoms with Crippen LogP contribution < -0.4 is 9.47 Å². The maximum absolute atomic E-state index is 9.19. The largest absolute Gasteiger partial charge is 0.493 e. The fraction of sp³-hybridized carbons (Fsp3) is 0.455. The first-order chi connectivity index (χ1) is 8.28. The van der Waals surface area contributed by atoms with Gasteiger partial charge in [0.25, 0.3) is 0 Å². The van der Waals surface area contributed by atoms with E-state index in [4.69, 9.17) is 15.0 Å². The van der Waals surface area contributed by atoms with Crippen LogP contribution in [-0.2, 0) is 0 Å². The molecular weight excluding hydrogens is 222 g/mol. The molecule has 0 aliphatic rings. The highest BCUT2D eigenvalue weighted by molar-refractivity contribution is 5.48. The number of benzene rings is 1. The highest BCUT2D eigenvalue weighted by Gasteiger charge is 2.17. The van der Waals surface area contributed by atoms with Crippen molar-refractivity contribution < 1.29 is 14.6 Å². The van der Waals surface area contributed by atoms with Crippen molar-refractivity contribution in [3.63, 3.8) is 0 Å². The van der Waals surface area contributed by atoms with Crippen LogP contribution in [0.3, 0.4) is 0 Å². The fourth-order valence-corrected chi connectivity index (χ4v) is 1.54. The van der Waals surface area contributed by atoms with Crippen molar-refractivity contribution in [2.75, 3.05) is 20.3 Å². The average molecular weight is 237 g/mol. The molecule has 0 aromatic heterocycles. The third-order valence-electron chi connectivity index (χ3n) is 2.24. The summed E-state index contributed by atoms with van der Waals surface area (Å²) < 4.78 is 10.6. The molecule has 6 nitrogen and oxygen atoms in total. The minimum absolute atomic E-state index is 0.282. The molecule has 0 bridgehead atoms. The number of azide groups is 1. The maximum atomic E-state index is 9.19. The van der Waals surface area contributed by atoms with E-state index in [0.717, 1.165) is 0 Å². The lowest BCUT2D eigenvalue weighted by atomic mass is 10.1. The van der Waals surface area contributed by atoms with Gasteiger partial charge in [0, 0.05) is 10.5 Å². The third-order valence-corrected chi connectivity index (χ3v) is 2.24. The Morgan fingerprint density at radius 3 is 2.82 bits per heavy atom. The van der Waals surface area contributed by atoms with Gasteiger partial charge in [-0.3, -0.25) is 0 Å². The Morgan fingerprint density at radius 2 is 2.29 bits per heavy atom. The Labute approximate surface area is 99.4 Å². The standard InChI is InChI=1S/C11H15N3O3/c1-3-17-10-6-4-5-8(11(10)16-2)9(7-15)13-14-12/h4-6,9,15H,3,7H2,1-2H3. The zero-order valence-electron chi connectivity index (χ0n) is 9.83. The van der Waals surface area contributed by atoms with Crippen LogP contribution in [0.4, 0.5) is 0 Å². The van der Waals surface area contributed by atoms with E-state index < -0.39 is 6.04 Å². The molecule has 92 valence electrons. The summed E-state index contributed by atoms with van der Waals surface area (Å²) in [6.45, 7) is 2.09. The lowest BCUT2D eigenvalue weighted by Gasteiger charge is -2.16. The minimum Gasteiger partial charge on any atom is -0.493 e. The molecule has 0 saturated carbocycles. The molecule has 1 rings (SSSR count). The third kappa shape index (κ3) is 3.03. The highest BCUT2D eigenvalue weighted by atomic mass is 16.5. The molecule has 1 N–H and O–H groups in total. The van der Waals surface area contributed by atoms with Crippen molar-refractivity contribution in [2.45, 2.75) is 13.0 Å². The van der Waals surface area contributed by atoms with Gasteiger partial charge in [0.15, 0.2) is 11.5 Å². The Morgan fingerprint density at radius 1 is 1.53 bits per heavy atom. The molecule has 0 spiro atoms. The molecule has 0 aliphatic heterocycles. The first-order valence-corrected chi connectivity index (χ1v) is 5.23. The summed E-state index contributed by atoms with van der Waals surface area (Å²) in [5.41, 5.74) is 9.05. The number of rotatable bonds is 6. The van der Waals surface area contributed by atoms with Gasteiger partial charge < -0.3 is 14.6 Å². The van der Waals surface area contributed by atoms with Crippen molar-refractivity contribution in [1.29, 1.82) is 0 Å². The zero-order chi connectivity index (χ0) is 12.7. The van der Waals surface area contributed by atoms with Crippen molar-refractivity contribution in [1.82, 2.24) is 0 Å². The highest BCUT2D eigenvalue weighted by Crippen LogP contribution is 2.36. The van der Waals surface area contributed by atoms with Crippen molar-refractivity contribution >= 4 is 0 Å². The number of aliphatic hydroxyl groups excluding tert-OH is 1. The molecule has 1 unspecified atom stereocenters. The summed E-state index contributed by atoms with van der Waals surface area (Å²) in [5.74, 6) is 1.06. The van der Waals surface area contributed by atoms with E-state index in [1.165, 1.54) is 7.11 Å². The first-order valence-electron chi connectivity index (χ1n) is 5.23. The minimum atomic E-state index is -0.671. The van der Waals surface area contributed by atoms with Gasteiger partial charge in [-0.25, -0.2) is 0 Å². The number of para-hydroxylation sites is 1. The van der Waals surface area contributed by atoms with Crippen molar-refractivity contribution in [3.8, 4) is 11.5 Å². The van der Waals surface area contributed by atoms with Crippen LogP contribution in [0, 0.1) is 0 Å². The predicted molar refractivity (Wildman–Crippen MR) is 63.1 cm³/mol. The molecule has 1 atom stereocenters. The summed E-state index contributed by atoms with van der Waals surface area (Å²) in [4.78, 5) is 2.70. The second-order valence-electron chi connectivity index (χ2n) is 3.21. The smallest absolute Gasteiger partial charge is 0.164 e. The Hall–Kier alpha value is -1.91. The van der Waals surface area contributed by atoms with Crippen molar-refractivity contribution in [2.24, 2.45) is 5.11 Å². The van der Waals surface area contributed by atoms with E-state index in [0.29, 0.717) is 23.7 Å². The normalized spacial score (nSPS) is 11.5. The Bertz CT molecular complexity index is 416. The molecule has 0 radical (unpaired) electrons. The molecule has 0 saturated heterocycles. The number of aliphatic hydroxyl groups is 1. The Kier molecular flexibility index (Phi) is 5.13. The van der Waals surface area contributed by atoms with E-state index in [9.17, 15) is 5.11 Å². The summed E-state index contributed by atoms with van der Waals surface area (Å²) >= 11 is 0. The number of nitrogens with zero attached hydrogens (tertiary/aromatic N) is 3. The molecule has 0 aliphatic carbocycles. The number of hydrogen-bond acceptors (Lipinski definition) is 4. The number of hydrogen-bond donors (Lipinski definition) is 1. The molecule has 0 fully saturated rings. The van der Waals surface area contributed by atoms with Gasteiger partial charge in [-0.1, -0.05) is 17.2 Å². The molecule has 1 aromatic carbocycles. The van der Waals surface area contributed by atoms with Gasteiger partial charge in [0.05, 0.1) is 26.4 Å². The second kappa shape index (κ2) is 6.62. The van der Waals surface area contributed by atoms with Gasteiger partial charge in [-0.2, -0.15) is 0 Å². The van der Waals surface area contributed by atoms with E-state index >= 15 is 0 Å². The fourth-order valence-electron chi connectivity index (χ4n) is 1.54. The average Bonchev–Trinajstić information content (AvgIpc) is 2.36. The lowest BCUT2D eigenvalue weighted by molar-refractivity contribution is 0.261. The summed E-state index contributed by atoms with van der Waals surface area (Å²) in [6.07, 6.45) is 0. The van der Waals surface area contributed by atoms with E-state index in [1.807, 2.05) is 6.92 Å². The number of methoxy groups -OCH3 is 1. The van der Waals surface area contributed by atoms with Crippen LogP contribution in [0.2, 0.25) is 0 Å².